The predicted molar refractivity (Wildman–Crippen MR) is 158 cm³/mol. The normalized spacial score (nSPS) is 11.8. The molecule has 206 valence electrons. The minimum Gasteiger partial charge on any atom is -0.384 e. The molecular formula is C30H28ClN9O. The van der Waals surface area contributed by atoms with Crippen molar-refractivity contribution in [2.24, 2.45) is 7.05 Å². The van der Waals surface area contributed by atoms with Crippen molar-refractivity contribution < 1.29 is 5.11 Å². The lowest BCUT2D eigenvalue weighted by Crippen LogP contribution is -2.18. The fourth-order valence-corrected chi connectivity index (χ4v) is 4.95. The van der Waals surface area contributed by atoms with Crippen molar-refractivity contribution in [2.75, 3.05) is 5.73 Å². The van der Waals surface area contributed by atoms with Crippen molar-refractivity contribution in [1.29, 1.82) is 0 Å². The molecule has 11 heteroatoms. The third kappa shape index (κ3) is 5.52. The number of nitrogens with zero attached hydrogens (tertiary/aromatic N) is 7. The zero-order valence-electron chi connectivity index (χ0n) is 22.8. The molecule has 0 fully saturated rings. The van der Waals surface area contributed by atoms with E-state index < -0.39 is 5.60 Å². The van der Waals surface area contributed by atoms with E-state index >= 15 is 0 Å². The number of nitrogen functional groups attached to an aromatic ring is 1. The molecule has 6 rings (SSSR count). The summed E-state index contributed by atoms with van der Waals surface area (Å²) in [7, 11) is 1.85. The van der Waals surface area contributed by atoms with E-state index in [0.29, 0.717) is 57.7 Å². The summed E-state index contributed by atoms with van der Waals surface area (Å²) in [4.78, 5) is 26.6. The SMILES string of the molecule is Cn1ccc(-c2nc(N)c(Cc3cnc(Cc4cccc(C(C)(C)O)n4)[nH]3)nc2-c2cc(Cl)c3ncccc3c2)n1. The van der Waals surface area contributed by atoms with Crippen molar-refractivity contribution in [2.45, 2.75) is 32.3 Å². The van der Waals surface area contributed by atoms with Gasteiger partial charge >= 0.3 is 0 Å². The number of imidazole rings is 1. The molecule has 0 atom stereocenters. The number of aromatic nitrogens is 8. The maximum atomic E-state index is 10.3. The molecule has 0 radical (unpaired) electrons. The van der Waals surface area contributed by atoms with Gasteiger partial charge in [-0.1, -0.05) is 23.7 Å². The quantitative estimate of drug-likeness (QED) is 0.249. The Morgan fingerprint density at radius 1 is 1.00 bits per heavy atom. The molecule has 4 N–H and O–H groups in total. The van der Waals surface area contributed by atoms with E-state index in [2.05, 4.69) is 25.0 Å². The van der Waals surface area contributed by atoms with Crippen molar-refractivity contribution in [1.82, 2.24) is 39.7 Å². The third-order valence-corrected chi connectivity index (χ3v) is 7.00. The number of aromatic amines is 1. The van der Waals surface area contributed by atoms with Crippen LogP contribution in [0.1, 0.15) is 42.4 Å². The monoisotopic (exact) mass is 565 g/mol. The number of rotatable bonds is 7. The molecule has 10 nitrogen and oxygen atoms in total. The summed E-state index contributed by atoms with van der Waals surface area (Å²) in [5.41, 5.74) is 11.6. The van der Waals surface area contributed by atoms with E-state index in [1.165, 1.54) is 0 Å². The Kier molecular flexibility index (Phi) is 6.72. The average Bonchev–Trinajstić information content (AvgIpc) is 3.57. The number of benzene rings is 1. The highest BCUT2D eigenvalue weighted by Gasteiger charge is 2.20. The number of halogens is 1. The van der Waals surface area contributed by atoms with E-state index in [1.807, 2.05) is 61.8 Å². The number of hydrogen-bond donors (Lipinski definition) is 3. The molecule has 41 heavy (non-hydrogen) atoms. The molecule has 0 aliphatic carbocycles. The topological polar surface area (TPSA) is 144 Å². The maximum Gasteiger partial charge on any atom is 0.146 e. The highest BCUT2D eigenvalue weighted by molar-refractivity contribution is 6.35. The Hall–Kier alpha value is -4.67. The van der Waals surface area contributed by atoms with Crippen LogP contribution < -0.4 is 5.73 Å². The first kappa shape index (κ1) is 26.5. The second-order valence-electron chi connectivity index (χ2n) is 10.4. The molecule has 1 aromatic carbocycles. The summed E-state index contributed by atoms with van der Waals surface area (Å²) in [5, 5.41) is 16.3. The van der Waals surface area contributed by atoms with Crippen LogP contribution in [0.15, 0.2) is 67.1 Å². The van der Waals surface area contributed by atoms with E-state index in [9.17, 15) is 5.11 Å². The smallest absolute Gasteiger partial charge is 0.146 e. The molecule has 5 heterocycles. The van der Waals surface area contributed by atoms with Gasteiger partial charge in [-0.2, -0.15) is 5.10 Å². The fourth-order valence-electron chi connectivity index (χ4n) is 4.68. The zero-order valence-corrected chi connectivity index (χ0v) is 23.6. The summed E-state index contributed by atoms with van der Waals surface area (Å²) in [6.07, 6.45) is 6.20. The lowest BCUT2D eigenvalue weighted by Gasteiger charge is -2.16. The molecule has 0 aliphatic heterocycles. The standard InChI is InChI=1S/C30H28ClN9O/c1-30(2,41)24-8-4-7-19(35-24)15-25-34-16-20(36-25)14-23-29(32)38-28(22-9-11-40(3)39-22)27(37-23)18-12-17-6-5-10-33-26(17)21(31)13-18/h4-13,16,41H,14-15H2,1-3H3,(H2,32,38)(H,34,36). The van der Waals surface area contributed by atoms with Gasteiger partial charge in [-0.15, -0.1) is 0 Å². The van der Waals surface area contributed by atoms with Crippen LogP contribution in [-0.2, 0) is 25.5 Å². The molecule has 0 aliphatic rings. The first-order chi connectivity index (χ1) is 19.6. The number of hydrogen-bond acceptors (Lipinski definition) is 8. The zero-order chi connectivity index (χ0) is 28.7. The Balaban J connectivity index is 1.36. The van der Waals surface area contributed by atoms with Crippen LogP contribution in [0.25, 0.3) is 33.5 Å². The van der Waals surface area contributed by atoms with Gasteiger partial charge < -0.3 is 15.8 Å². The van der Waals surface area contributed by atoms with Crippen LogP contribution in [0.3, 0.4) is 0 Å². The highest BCUT2D eigenvalue weighted by Crippen LogP contribution is 2.34. The lowest BCUT2D eigenvalue weighted by atomic mass is 10.0. The number of aryl methyl sites for hydroxylation is 1. The average molecular weight is 566 g/mol. The van der Waals surface area contributed by atoms with Crippen LogP contribution in [0, 0.1) is 0 Å². The van der Waals surface area contributed by atoms with Gasteiger partial charge in [0.05, 0.1) is 27.6 Å². The minimum absolute atomic E-state index is 0.304. The van der Waals surface area contributed by atoms with Crippen LogP contribution in [0.4, 0.5) is 5.82 Å². The molecule has 0 saturated heterocycles. The van der Waals surface area contributed by atoms with Gasteiger partial charge in [0.1, 0.15) is 28.6 Å². The van der Waals surface area contributed by atoms with E-state index in [-0.39, 0.29) is 0 Å². The number of pyridine rings is 2. The summed E-state index contributed by atoms with van der Waals surface area (Å²) in [6, 6.07) is 15.1. The van der Waals surface area contributed by atoms with Crippen LogP contribution in [-0.4, -0.2) is 44.8 Å². The van der Waals surface area contributed by atoms with Gasteiger partial charge in [-0.25, -0.2) is 15.0 Å². The van der Waals surface area contributed by atoms with Gasteiger partial charge in [-0.3, -0.25) is 14.6 Å². The van der Waals surface area contributed by atoms with Crippen molar-refractivity contribution in [3.63, 3.8) is 0 Å². The van der Waals surface area contributed by atoms with E-state index in [4.69, 9.17) is 27.3 Å². The number of aliphatic hydroxyl groups is 1. The van der Waals surface area contributed by atoms with Crippen molar-refractivity contribution in [3.8, 4) is 22.6 Å². The summed E-state index contributed by atoms with van der Waals surface area (Å²) in [6.45, 7) is 3.43. The molecule has 0 unspecified atom stereocenters. The number of fused-ring (bicyclic) bond motifs is 1. The van der Waals surface area contributed by atoms with Gasteiger partial charge in [-0.05, 0) is 50.2 Å². The fraction of sp³-hybridized carbons (Fsp3) is 0.200. The molecule has 0 spiro atoms. The Bertz CT molecular complexity index is 1890. The van der Waals surface area contributed by atoms with Gasteiger partial charge in [0.15, 0.2) is 0 Å². The number of nitrogens with one attached hydrogen (secondary N) is 1. The Labute approximate surface area is 241 Å². The van der Waals surface area contributed by atoms with Gasteiger partial charge in [0, 0.05) is 60.8 Å². The largest absolute Gasteiger partial charge is 0.384 e. The molecule has 0 amide bonds. The molecule has 0 saturated carbocycles. The second-order valence-corrected chi connectivity index (χ2v) is 10.8. The predicted octanol–water partition coefficient (Wildman–Crippen LogP) is 4.86. The van der Waals surface area contributed by atoms with E-state index in [1.54, 1.807) is 30.9 Å². The van der Waals surface area contributed by atoms with Crippen molar-refractivity contribution >= 4 is 28.3 Å². The highest BCUT2D eigenvalue weighted by atomic mass is 35.5. The lowest BCUT2D eigenvalue weighted by molar-refractivity contribution is 0.0736. The maximum absolute atomic E-state index is 10.3. The van der Waals surface area contributed by atoms with Gasteiger partial charge in [0.25, 0.3) is 0 Å². The number of H-pyrrole nitrogens is 1. The minimum atomic E-state index is -1.02. The second kappa shape index (κ2) is 10.4. The molecule has 5 aromatic heterocycles. The van der Waals surface area contributed by atoms with Crippen molar-refractivity contribution in [3.05, 3.63) is 101 Å². The first-order valence-corrected chi connectivity index (χ1v) is 13.4. The Morgan fingerprint density at radius 2 is 1.85 bits per heavy atom. The third-order valence-electron chi connectivity index (χ3n) is 6.71. The molecule has 6 aromatic rings. The number of nitrogens with two attached hydrogens (primary N) is 1. The summed E-state index contributed by atoms with van der Waals surface area (Å²) < 4.78 is 1.71. The molecular weight excluding hydrogens is 538 g/mol. The summed E-state index contributed by atoms with van der Waals surface area (Å²) >= 11 is 6.63. The van der Waals surface area contributed by atoms with Crippen LogP contribution in [0.2, 0.25) is 5.02 Å². The van der Waals surface area contributed by atoms with Crippen LogP contribution >= 0.6 is 11.6 Å². The van der Waals surface area contributed by atoms with E-state index in [0.717, 1.165) is 28.2 Å². The Morgan fingerprint density at radius 3 is 2.63 bits per heavy atom. The number of anilines is 1. The van der Waals surface area contributed by atoms with Gasteiger partial charge in [0.2, 0.25) is 0 Å². The summed E-state index contributed by atoms with van der Waals surface area (Å²) in [5.74, 6) is 1.05. The first-order valence-electron chi connectivity index (χ1n) is 13.1. The molecule has 0 bridgehead atoms. The van der Waals surface area contributed by atoms with Crippen LogP contribution in [0.5, 0.6) is 0 Å².